The van der Waals surface area contributed by atoms with E-state index >= 15 is 0 Å². The molecule has 4 aromatic rings. The fourth-order valence-corrected chi connectivity index (χ4v) is 2.98. The van der Waals surface area contributed by atoms with Crippen LogP contribution >= 0.6 is 11.6 Å². The molecule has 0 amide bonds. The van der Waals surface area contributed by atoms with E-state index in [0.29, 0.717) is 27.6 Å². The molecule has 0 saturated heterocycles. The minimum absolute atomic E-state index is 0. The van der Waals surface area contributed by atoms with Gasteiger partial charge in [0, 0.05) is 27.9 Å². The molecular formula is C20H13ClFLiN4O2. The third-order valence-corrected chi connectivity index (χ3v) is 4.36. The summed E-state index contributed by atoms with van der Waals surface area (Å²) in [5.41, 5.74) is 2.55. The number of hydrogen-bond donors (Lipinski definition) is 2. The van der Waals surface area contributed by atoms with Gasteiger partial charge in [-0.3, -0.25) is 4.98 Å². The van der Waals surface area contributed by atoms with Crippen molar-refractivity contribution in [3.05, 3.63) is 77.3 Å². The molecule has 140 valence electrons. The molecule has 29 heavy (non-hydrogen) atoms. The second-order valence-corrected chi connectivity index (χ2v) is 6.41. The van der Waals surface area contributed by atoms with E-state index in [1.807, 2.05) is 0 Å². The zero-order valence-electron chi connectivity index (χ0n) is 14.2. The molecule has 0 atom stereocenters. The summed E-state index contributed by atoms with van der Waals surface area (Å²) in [5, 5.41) is 21.4. The van der Waals surface area contributed by atoms with Gasteiger partial charge in [-0.15, -0.1) is 0 Å². The van der Waals surface area contributed by atoms with Crippen molar-refractivity contribution in [2.75, 3.05) is 5.32 Å². The standard InChI is InChI=1S/C20H12ClFN4O2.Li.H/c21-12-2-4-16(22)15(8-12)19-9-13(10-24-26-19)25-17-5-6-23-18-7-11(20(27)28)1-3-14(17)18;;/h1-10H,(H,27,28)(H,23,25,26);;. The number of nitrogens with zero attached hydrogens (tertiary/aromatic N) is 3. The van der Waals surface area contributed by atoms with Crippen molar-refractivity contribution in [1.82, 2.24) is 15.2 Å². The van der Waals surface area contributed by atoms with E-state index < -0.39 is 11.8 Å². The van der Waals surface area contributed by atoms with Crippen molar-refractivity contribution in [3.63, 3.8) is 0 Å². The minimum atomic E-state index is -1.02. The van der Waals surface area contributed by atoms with E-state index in [4.69, 9.17) is 16.7 Å². The number of carbonyl (C=O) groups is 1. The number of aromatic nitrogens is 3. The number of rotatable bonds is 4. The number of carboxylic acid groups (broad SMARTS) is 1. The fraction of sp³-hybridized carbons (Fsp3) is 0. The number of aromatic carboxylic acids is 1. The SMILES string of the molecule is O=C(O)c1ccc2c(Nc3cnnc(-c4cc(Cl)ccc4F)c3)ccnc2c1.[LiH]. The number of carboxylic acids is 1. The third-order valence-electron chi connectivity index (χ3n) is 4.13. The van der Waals surface area contributed by atoms with Crippen LogP contribution in [-0.2, 0) is 0 Å². The van der Waals surface area contributed by atoms with E-state index in [0.717, 1.165) is 5.39 Å². The van der Waals surface area contributed by atoms with Gasteiger partial charge < -0.3 is 10.4 Å². The molecule has 2 aromatic carbocycles. The van der Waals surface area contributed by atoms with Gasteiger partial charge in [0.05, 0.1) is 28.7 Å². The summed E-state index contributed by atoms with van der Waals surface area (Å²) in [6.45, 7) is 0. The van der Waals surface area contributed by atoms with Gasteiger partial charge in [0.2, 0.25) is 0 Å². The fourth-order valence-electron chi connectivity index (χ4n) is 2.81. The molecule has 0 aliphatic heterocycles. The summed E-state index contributed by atoms with van der Waals surface area (Å²) >= 11 is 5.96. The molecule has 2 heterocycles. The predicted octanol–water partition coefficient (Wildman–Crippen LogP) is 4.28. The molecule has 2 aromatic heterocycles. The summed E-state index contributed by atoms with van der Waals surface area (Å²) in [4.78, 5) is 15.4. The van der Waals surface area contributed by atoms with Crippen LogP contribution in [0.3, 0.4) is 0 Å². The van der Waals surface area contributed by atoms with Crippen LogP contribution in [-0.4, -0.2) is 45.1 Å². The second-order valence-electron chi connectivity index (χ2n) is 5.97. The van der Waals surface area contributed by atoms with E-state index in [2.05, 4.69) is 20.5 Å². The number of anilines is 2. The molecule has 0 bridgehead atoms. The Morgan fingerprint density at radius 1 is 1.10 bits per heavy atom. The van der Waals surface area contributed by atoms with Crippen LogP contribution in [0.5, 0.6) is 0 Å². The van der Waals surface area contributed by atoms with Gasteiger partial charge in [-0.1, -0.05) is 11.6 Å². The van der Waals surface area contributed by atoms with Crippen LogP contribution in [0, 0.1) is 5.82 Å². The second kappa shape index (κ2) is 8.58. The van der Waals surface area contributed by atoms with Gasteiger partial charge in [0.1, 0.15) is 5.82 Å². The van der Waals surface area contributed by atoms with Gasteiger partial charge in [0.15, 0.2) is 0 Å². The van der Waals surface area contributed by atoms with Gasteiger partial charge in [-0.25, -0.2) is 9.18 Å². The van der Waals surface area contributed by atoms with Crippen molar-refractivity contribution >= 4 is 58.7 Å². The van der Waals surface area contributed by atoms with Gasteiger partial charge in [-0.05, 0) is 48.5 Å². The first kappa shape index (κ1) is 20.7. The van der Waals surface area contributed by atoms with Crippen molar-refractivity contribution < 1.29 is 14.3 Å². The average molecular weight is 403 g/mol. The Labute approximate surface area is 181 Å². The van der Waals surface area contributed by atoms with Crippen LogP contribution < -0.4 is 5.32 Å². The molecule has 0 fully saturated rings. The van der Waals surface area contributed by atoms with Crippen molar-refractivity contribution in [3.8, 4) is 11.3 Å². The summed E-state index contributed by atoms with van der Waals surface area (Å²) in [6, 6.07) is 12.3. The molecule has 2 N–H and O–H groups in total. The van der Waals surface area contributed by atoms with E-state index in [9.17, 15) is 9.18 Å². The van der Waals surface area contributed by atoms with Crippen LogP contribution in [0.2, 0.25) is 5.02 Å². The Hall–Kier alpha value is -2.98. The maximum absolute atomic E-state index is 14.1. The van der Waals surface area contributed by atoms with E-state index in [-0.39, 0.29) is 30.0 Å². The molecule has 6 nitrogen and oxygen atoms in total. The molecule has 0 aliphatic carbocycles. The van der Waals surface area contributed by atoms with Crippen molar-refractivity contribution in [1.29, 1.82) is 0 Å². The molecule has 4 rings (SSSR count). The van der Waals surface area contributed by atoms with Gasteiger partial charge in [0.25, 0.3) is 0 Å². The Bertz CT molecular complexity index is 1220. The Morgan fingerprint density at radius 2 is 1.93 bits per heavy atom. The third kappa shape index (κ3) is 4.38. The van der Waals surface area contributed by atoms with Crippen LogP contribution in [0.4, 0.5) is 15.8 Å². The molecule has 9 heteroatoms. The average Bonchev–Trinajstić information content (AvgIpc) is 2.70. The van der Waals surface area contributed by atoms with Gasteiger partial charge in [-0.2, -0.15) is 10.2 Å². The topological polar surface area (TPSA) is 88.0 Å². The number of hydrogen-bond acceptors (Lipinski definition) is 5. The Kier molecular flexibility index (Phi) is 6.14. The van der Waals surface area contributed by atoms with Gasteiger partial charge >= 0.3 is 24.8 Å². The van der Waals surface area contributed by atoms with E-state index in [1.165, 1.54) is 36.5 Å². The summed E-state index contributed by atoms with van der Waals surface area (Å²) in [5.74, 6) is -1.47. The zero-order chi connectivity index (χ0) is 19.7. The van der Waals surface area contributed by atoms with Crippen LogP contribution in [0.1, 0.15) is 10.4 Å². The molecule has 0 saturated carbocycles. The van der Waals surface area contributed by atoms with Crippen LogP contribution in [0.25, 0.3) is 22.2 Å². The number of fused-ring (bicyclic) bond motifs is 1. The summed E-state index contributed by atoms with van der Waals surface area (Å²) in [7, 11) is 0. The van der Waals surface area contributed by atoms with Crippen molar-refractivity contribution in [2.45, 2.75) is 0 Å². The quantitative estimate of drug-likeness (QED) is 0.495. The summed E-state index contributed by atoms with van der Waals surface area (Å²) < 4.78 is 14.1. The first-order valence-corrected chi connectivity index (χ1v) is 8.56. The molecule has 0 aliphatic rings. The molecule has 0 radical (unpaired) electrons. The maximum atomic E-state index is 14.1. The zero-order valence-corrected chi connectivity index (χ0v) is 15.0. The Balaban J connectivity index is 0.00000240. The molecule has 0 spiro atoms. The monoisotopic (exact) mass is 402 g/mol. The van der Waals surface area contributed by atoms with Crippen LogP contribution in [0.15, 0.2) is 60.9 Å². The predicted molar refractivity (Wildman–Crippen MR) is 112 cm³/mol. The number of nitrogens with one attached hydrogen (secondary N) is 1. The van der Waals surface area contributed by atoms with Crippen molar-refractivity contribution in [2.24, 2.45) is 0 Å². The molecule has 0 unspecified atom stereocenters. The number of pyridine rings is 1. The normalized spacial score (nSPS) is 10.4. The first-order valence-electron chi connectivity index (χ1n) is 8.18. The number of benzene rings is 2. The Morgan fingerprint density at radius 3 is 2.72 bits per heavy atom. The van der Waals surface area contributed by atoms with E-state index in [1.54, 1.807) is 24.4 Å². The summed E-state index contributed by atoms with van der Waals surface area (Å²) in [6.07, 6.45) is 3.08. The number of halogens is 2. The molecular weight excluding hydrogens is 390 g/mol. The first-order chi connectivity index (χ1) is 13.5.